The molecule has 0 bridgehead atoms. The Morgan fingerprint density at radius 2 is 2.24 bits per heavy atom. The quantitative estimate of drug-likeness (QED) is 0.824. The molecule has 6 heteroatoms. The molecule has 0 fully saturated rings. The first-order valence-corrected chi connectivity index (χ1v) is 8.06. The molecule has 2 aromatic rings. The normalized spacial score (nSPS) is 12.9. The fraction of sp³-hybridized carbons (Fsp3) is 0.400. The predicted molar refractivity (Wildman–Crippen MR) is 85.1 cm³/mol. The molecular weight excluding hydrogens is 311 g/mol. The third kappa shape index (κ3) is 4.48. The van der Waals surface area contributed by atoms with Crippen LogP contribution in [0.3, 0.4) is 0 Å². The number of aliphatic hydroxyl groups excluding tert-OH is 1. The molecule has 21 heavy (non-hydrogen) atoms. The average Bonchev–Trinajstić information content (AvgIpc) is 2.89. The molecule has 1 aromatic carbocycles. The lowest BCUT2D eigenvalue weighted by Gasteiger charge is -2.18. The molecule has 1 heterocycles. The number of thiazole rings is 1. The van der Waals surface area contributed by atoms with Crippen LogP contribution in [0.25, 0.3) is 10.6 Å². The molecule has 0 saturated carbocycles. The van der Waals surface area contributed by atoms with Gasteiger partial charge in [0.25, 0.3) is 0 Å². The fourth-order valence-electron chi connectivity index (χ4n) is 2.12. The lowest BCUT2D eigenvalue weighted by atomic mass is 10.1. The van der Waals surface area contributed by atoms with Crippen molar-refractivity contribution < 1.29 is 9.50 Å². The molecule has 1 aromatic heterocycles. The van der Waals surface area contributed by atoms with E-state index in [0.29, 0.717) is 24.5 Å². The Morgan fingerprint density at radius 1 is 1.48 bits per heavy atom. The molecule has 0 aliphatic heterocycles. The third-order valence-electron chi connectivity index (χ3n) is 3.00. The van der Waals surface area contributed by atoms with Crippen LogP contribution in [0.2, 0.25) is 0 Å². The highest BCUT2D eigenvalue weighted by Gasteiger charge is 2.11. The minimum atomic E-state index is -0.429. The van der Waals surface area contributed by atoms with E-state index in [4.69, 9.17) is 11.6 Å². The zero-order valence-corrected chi connectivity index (χ0v) is 13.6. The SMILES string of the molecule is CC(O)CN(C)Cc1ccc(-c2nc(CCl)cs2)cc1F. The molecule has 0 amide bonds. The van der Waals surface area contributed by atoms with Crippen molar-refractivity contribution in [3.05, 3.63) is 40.7 Å². The van der Waals surface area contributed by atoms with Crippen LogP contribution in [0.1, 0.15) is 18.2 Å². The van der Waals surface area contributed by atoms with Crippen LogP contribution in [-0.2, 0) is 12.4 Å². The van der Waals surface area contributed by atoms with Gasteiger partial charge in [0.15, 0.2) is 0 Å². The van der Waals surface area contributed by atoms with E-state index in [1.54, 1.807) is 13.0 Å². The van der Waals surface area contributed by atoms with E-state index >= 15 is 0 Å². The third-order valence-corrected chi connectivity index (χ3v) is 4.22. The molecule has 0 aliphatic rings. The number of hydrogen-bond acceptors (Lipinski definition) is 4. The van der Waals surface area contributed by atoms with E-state index in [9.17, 15) is 9.50 Å². The van der Waals surface area contributed by atoms with Crippen molar-refractivity contribution in [2.45, 2.75) is 25.5 Å². The monoisotopic (exact) mass is 328 g/mol. The minimum Gasteiger partial charge on any atom is -0.392 e. The first kappa shape index (κ1) is 16.4. The molecule has 3 nitrogen and oxygen atoms in total. The Bertz CT molecular complexity index is 603. The second-order valence-electron chi connectivity index (χ2n) is 5.13. The summed E-state index contributed by atoms with van der Waals surface area (Å²) >= 11 is 7.19. The van der Waals surface area contributed by atoms with E-state index in [0.717, 1.165) is 16.3 Å². The highest BCUT2D eigenvalue weighted by atomic mass is 35.5. The second-order valence-corrected chi connectivity index (χ2v) is 6.25. The van der Waals surface area contributed by atoms with Crippen molar-refractivity contribution in [2.75, 3.05) is 13.6 Å². The Balaban J connectivity index is 2.13. The minimum absolute atomic E-state index is 0.257. The number of aliphatic hydroxyl groups is 1. The first-order chi connectivity index (χ1) is 9.99. The summed E-state index contributed by atoms with van der Waals surface area (Å²) < 4.78 is 14.2. The van der Waals surface area contributed by atoms with Gasteiger partial charge in [0.2, 0.25) is 0 Å². The molecule has 0 spiro atoms. The van der Waals surface area contributed by atoms with Gasteiger partial charge in [-0.05, 0) is 20.0 Å². The van der Waals surface area contributed by atoms with Crippen molar-refractivity contribution in [1.29, 1.82) is 0 Å². The number of hydrogen-bond donors (Lipinski definition) is 1. The van der Waals surface area contributed by atoms with Crippen LogP contribution in [-0.4, -0.2) is 34.7 Å². The Morgan fingerprint density at radius 3 is 2.81 bits per heavy atom. The lowest BCUT2D eigenvalue weighted by Crippen LogP contribution is -2.27. The van der Waals surface area contributed by atoms with Gasteiger partial charge in [0.05, 0.1) is 17.7 Å². The van der Waals surface area contributed by atoms with Crippen molar-refractivity contribution in [2.24, 2.45) is 0 Å². The number of alkyl halides is 1. The van der Waals surface area contributed by atoms with E-state index in [-0.39, 0.29) is 5.82 Å². The summed E-state index contributed by atoms with van der Waals surface area (Å²) in [7, 11) is 1.85. The largest absolute Gasteiger partial charge is 0.392 e. The molecule has 0 radical (unpaired) electrons. The average molecular weight is 329 g/mol. The molecule has 0 saturated heterocycles. The molecular formula is C15H18ClFN2OS. The lowest BCUT2D eigenvalue weighted by molar-refractivity contribution is 0.138. The molecule has 1 N–H and O–H groups in total. The van der Waals surface area contributed by atoms with Gasteiger partial charge in [-0.25, -0.2) is 9.37 Å². The van der Waals surface area contributed by atoms with Gasteiger partial charge in [0, 0.05) is 29.6 Å². The standard InChI is InChI=1S/C15H18ClFN2OS/c1-10(20)7-19(2)8-12-4-3-11(5-14(12)17)15-18-13(6-16)9-21-15/h3-5,9-10,20H,6-8H2,1-2H3. The number of benzene rings is 1. The predicted octanol–water partition coefficient (Wildman–Crippen LogP) is 3.50. The highest BCUT2D eigenvalue weighted by Crippen LogP contribution is 2.26. The smallest absolute Gasteiger partial charge is 0.128 e. The van der Waals surface area contributed by atoms with Gasteiger partial charge in [-0.2, -0.15) is 0 Å². The van der Waals surface area contributed by atoms with E-state index < -0.39 is 6.10 Å². The van der Waals surface area contributed by atoms with Crippen LogP contribution in [0.4, 0.5) is 4.39 Å². The van der Waals surface area contributed by atoms with Crippen molar-refractivity contribution in [1.82, 2.24) is 9.88 Å². The zero-order valence-electron chi connectivity index (χ0n) is 12.0. The summed E-state index contributed by atoms with van der Waals surface area (Å²) in [5.41, 5.74) is 2.17. The summed E-state index contributed by atoms with van der Waals surface area (Å²) in [4.78, 5) is 6.23. The van der Waals surface area contributed by atoms with Gasteiger partial charge in [-0.3, -0.25) is 4.90 Å². The number of likely N-dealkylation sites (N-methyl/N-ethyl adjacent to an activating group) is 1. The maximum atomic E-state index is 14.2. The maximum absolute atomic E-state index is 14.2. The summed E-state index contributed by atoms with van der Waals surface area (Å²) in [6, 6.07) is 5.14. The number of aromatic nitrogens is 1. The molecule has 1 atom stereocenters. The van der Waals surface area contributed by atoms with Crippen LogP contribution >= 0.6 is 22.9 Å². The van der Waals surface area contributed by atoms with E-state index in [1.165, 1.54) is 17.4 Å². The number of halogens is 2. The summed E-state index contributed by atoms with van der Waals surface area (Å²) in [6.45, 7) is 2.68. The molecule has 2 rings (SSSR count). The van der Waals surface area contributed by atoms with E-state index in [2.05, 4.69) is 4.98 Å². The Kier molecular flexibility index (Phi) is 5.70. The molecule has 1 unspecified atom stereocenters. The van der Waals surface area contributed by atoms with Crippen LogP contribution in [0.5, 0.6) is 0 Å². The number of rotatable bonds is 6. The van der Waals surface area contributed by atoms with Gasteiger partial charge in [-0.15, -0.1) is 22.9 Å². The van der Waals surface area contributed by atoms with Crippen LogP contribution in [0.15, 0.2) is 23.6 Å². The topological polar surface area (TPSA) is 36.4 Å². The van der Waals surface area contributed by atoms with Gasteiger partial charge in [0.1, 0.15) is 10.8 Å². The van der Waals surface area contributed by atoms with Crippen molar-refractivity contribution in [3.63, 3.8) is 0 Å². The highest BCUT2D eigenvalue weighted by molar-refractivity contribution is 7.13. The summed E-state index contributed by atoms with van der Waals surface area (Å²) in [5, 5.41) is 12.0. The molecule has 0 aliphatic carbocycles. The first-order valence-electron chi connectivity index (χ1n) is 6.65. The van der Waals surface area contributed by atoms with Crippen molar-refractivity contribution >= 4 is 22.9 Å². The summed E-state index contributed by atoms with van der Waals surface area (Å²) in [5.74, 6) is 0.105. The van der Waals surface area contributed by atoms with E-state index in [1.807, 2.05) is 23.4 Å². The Hall–Kier alpha value is -1.01. The van der Waals surface area contributed by atoms with Gasteiger partial charge < -0.3 is 5.11 Å². The van der Waals surface area contributed by atoms with Gasteiger partial charge in [-0.1, -0.05) is 12.1 Å². The van der Waals surface area contributed by atoms with Crippen LogP contribution < -0.4 is 0 Å². The number of nitrogens with zero attached hydrogens (tertiary/aromatic N) is 2. The van der Waals surface area contributed by atoms with Gasteiger partial charge >= 0.3 is 0 Å². The zero-order chi connectivity index (χ0) is 15.4. The van der Waals surface area contributed by atoms with Crippen molar-refractivity contribution in [3.8, 4) is 10.6 Å². The maximum Gasteiger partial charge on any atom is 0.128 e. The van der Waals surface area contributed by atoms with Crippen LogP contribution in [0, 0.1) is 5.82 Å². The Labute approximate surface area is 133 Å². The summed E-state index contributed by atoms with van der Waals surface area (Å²) in [6.07, 6.45) is -0.429. The molecule has 114 valence electrons. The fourth-order valence-corrected chi connectivity index (χ4v) is 3.16. The second kappa shape index (κ2) is 7.31.